The lowest BCUT2D eigenvalue weighted by molar-refractivity contribution is -0.115. The zero-order valence-corrected chi connectivity index (χ0v) is 13.3. The summed E-state index contributed by atoms with van der Waals surface area (Å²) >= 11 is 0. The van der Waals surface area contributed by atoms with Crippen molar-refractivity contribution < 1.29 is 13.9 Å². The highest BCUT2D eigenvalue weighted by atomic mass is 16.5. The summed E-state index contributed by atoms with van der Waals surface area (Å²) in [6.07, 6.45) is 2.87. The Morgan fingerprint density at radius 3 is 2.65 bits per heavy atom. The molecule has 0 saturated carbocycles. The number of fused-ring (bicyclic) bond motifs is 1. The number of hydrogen-bond acceptors (Lipinski definition) is 3. The molecule has 0 aliphatic heterocycles. The first-order valence-electron chi connectivity index (χ1n) is 7.62. The summed E-state index contributed by atoms with van der Waals surface area (Å²) in [5, 5.41) is 3.82. The van der Waals surface area contributed by atoms with Crippen LogP contribution in [-0.2, 0) is 17.6 Å². The fourth-order valence-corrected chi connectivity index (χ4v) is 2.53. The van der Waals surface area contributed by atoms with Crippen LogP contribution in [-0.4, -0.2) is 13.0 Å². The zero-order chi connectivity index (χ0) is 16.2. The van der Waals surface area contributed by atoms with Gasteiger partial charge in [-0.15, -0.1) is 0 Å². The Kier molecular flexibility index (Phi) is 4.33. The van der Waals surface area contributed by atoms with E-state index >= 15 is 0 Å². The zero-order valence-electron chi connectivity index (χ0n) is 13.3. The number of nitrogens with one attached hydrogen (secondary N) is 1. The van der Waals surface area contributed by atoms with E-state index in [2.05, 4.69) is 12.2 Å². The highest BCUT2D eigenvalue weighted by molar-refractivity contribution is 5.95. The average molecular weight is 309 g/mol. The largest absolute Gasteiger partial charge is 0.497 e. The van der Waals surface area contributed by atoms with E-state index in [1.165, 1.54) is 5.56 Å². The monoisotopic (exact) mass is 309 g/mol. The number of amides is 1. The minimum Gasteiger partial charge on any atom is -0.497 e. The normalized spacial score (nSPS) is 10.7. The van der Waals surface area contributed by atoms with Crippen molar-refractivity contribution in [3.8, 4) is 5.75 Å². The molecule has 118 valence electrons. The Morgan fingerprint density at radius 2 is 1.96 bits per heavy atom. The molecule has 3 aromatic rings. The van der Waals surface area contributed by atoms with Gasteiger partial charge in [-0.25, -0.2) is 0 Å². The van der Waals surface area contributed by atoms with Crippen molar-refractivity contribution in [3.05, 3.63) is 59.9 Å². The maximum Gasteiger partial charge on any atom is 0.228 e. The quantitative estimate of drug-likeness (QED) is 0.769. The molecule has 0 spiro atoms. The van der Waals surface area contributed by atoms with Crippen LogP contribution in [0.15, 0.2) is 53.1 Å². The van der Waals surface area contributed by atoms with Crippen molar-refractivity contribution in [2.75, 3.05) is 12.4 Å². The molecule has 4 nitrogen and oxygen atoms in total. The predicted molar refractivity (Wildman–Crippen MR) is 90.9 cm³/mol. The highest BCUT2D eigenvalue weighted by Gasteiger charge is 2.11. The lowest BCUT2D eigenvalue weighted by atomic mass is 10.1. The summed E-state index contributed by atoms with van der Waals surface area (Å²) in [6, 6.07) is 13.5. The second kappa shape index (κ2) is 6.57. The van der Waals surface area contributed by atoms with Gasteiger partial charge in [-0.1, -0.05) is 19.1 Å². The fourth-order valence-electron chi connectivity index (χ4n) is 2.53. The third-order valence-electron chi connectivity index (χ3n) is 3.86. The predicted octanol–water partition coefficient (Wildman–Crippen LogP) is 4.19. The number of methoxy groups -OCH3 is 1. The Balaban J connectivity index is 1.74. The van der Waals surface area contributed by atoms with Crippen molar-refractivity contribution >= 4 is 22.6 Å². The lowest BCUT2D eigenvalue weighted by Gasteiger charge is -2.06. The smallest absolute Gasteiger partial charge is 0.228 e. The van der Waals surface area contributed by atoms with Gasteiger partial charge in [0, 0.05) is 16.6 Å². The van der Waals surface area contributed by atoms with E-state index < -0.39 is 0 Å². The first-order valence-corrected chi connectivity index (χ1v) is 7.62. The molecule has 0 bridgehead atoms. The summed E-state index contributed by atoms with van der Waals surface area (Å²) in [5.74, 6) is 0.676. The number of rotatable bonds is 5. The molecule has 1 N–H and O–H groups in total. The highest BCUT2D eigenvalue weighted by Crippen LogP contribution is 2.26. The first-order chi connectivity index (χ1) is 11.2. The molecule has 1 aromatic heterocycles. The summed E-state index contributed by atoms with van der Waals surface area (Å²) < 4.78 is 10.7. The van der Waals surface area contributed by atoms with Gasteiger partial charge in [0.2, 0.25) is 5.91 Å². The van der Waals surface area contributed by atoms with E-state index in [1.807, 2.05) is 42.5 Å². The van der Waals surface area contributed by atoms with Crippen LogP contribution in [0.2, 0.25) is 0 Å². The Hall–Kier alpha value is -2.75. The number of furan rings is 1. The van der Waals surface area contributed by atoms with Gasteiger partial charge in [0.25, 0.3) is 0 Å². The van der Waals surface area contributed by atoms with Crippen molar-refractivity contribution in [2.24, 2.45) is 0 Å². The molecule has 4 heteroatoms. The van der Waals surface area contributed by atoms with E-state index in [9.17, 15) is 4.79 Å². The van der Waals surface area contributed by atoms with Gasteiger partial charge in [-0.2, -0.15) is 0 Å². The molecule has 23 heavy (non-hydrogen) atoms. The topological polar surface area (TPSA) is 51.5 Å². The average Bonchev–Trinajstić information content (AvgIpc) is 2.97. The molecular formula is C19H19NO3. The maximum absolute atomic E-state index is 12.2. The third-order valence-corrected chi connectivity index (χ3v) is 3.86. The van der Waals surface area contributed by atoms with Gasteiger partial charge in [0.1, 0.15) is 11.3 Å². The number of carbonyl (C=O) groups excluding carboxylic acids is 1. The minimum atomic E-state index is -0.0697. The van der Waals surface area contributed by atoms with Crippen molar-refractivity contribution in [2.45, 2.75) is 19.8 Å². The van der Waals surface area contributed by atoms with E-state index in [4.69, 9.17) is 9.15 Å². The number of hydrogen-bond donors (Lipinski definition) is 1. The van der Waals surface area contributed by atoms with Crippen LogP contribution in [0.3, 0.4) is 0 Å². The van der Waals surface area contributed by atoms with Gasteiger partial charge in [0.15, 0.2) is 0 Å². The van der Waals surface area contributed by atoms with E-state index in [1.54, 1.807) is 13.4 Å². The van der Waals surface area contributed by atoms with E-state index in [0.29, 0.717) is 0 Å². The molecule has 0 aliphatic carbocycles. The van der Waals surface area contributed by atoms with Crippen LogP contribution in [0, 0.1) is 0 Å². The molecule has 2 aromatic carbocycles. The summed E-state index contributed by atoms with van der Waals surface area (Å²) in [5.41, 5.74) is 3.65. The molecule has 0 aliphatic rings. The molecule has 0 atom stereocenters. The Bertz CT molecular complexity index is 818. The van der Waals surface area contributed by atoms with Gasteiger partial charge < -0.3 is 14.5 Å². The maximum atomic E-state index is 12.2. The molecule has 0 unspecified atom stereocenters. The molecule has 0 radical (unpaired) electrons. The molecule has 0 saturated heterocycles. The number of aryl methyl sites for hydroxylation is 1. The molecule has 1 amide bonds. The van der Waals surface area contributed by atoms with Crippen LogP contribution in [0.4, 0.5) is 5.69 Å². The third kappa shape index (κ3) is 3.37. The number of carbonyl (C=O) groups is 1. The van der Waals surface area contributed by atoms with Crippen LogP contribution in [0.5, 0.6) is 5.75 Å². The Morgan fingerprint density at radius 1 is 1.17 bits per heavy atom. The molecule has 1 heterocycles. The van der Waals surface area contributed by atoms with E-state index in [-0.39, 0.29) is 12.3 Å². The summed E-state index contributed by atoms with van der Waals surface area (Å²) in [6.45, 7) is 2.10. The SMILES string of the molecule is CCc1ccc(NC(=O)Cc2coc3ccc(OC)cc23)cc1. The van der Waals surface area contributed by atoms with Crippen LogP contribution < -0.4 is 10.1 Å². The second-order valence-electron chi connectivity index (χ2n) is 5.40. The van der Waals surface area contributed by atoms with Crippen molar-refractivity contribution in [1.82, 2.24) is 0 Å². The second-order valence-corrected chi connectivity index (χ2v) is 5.40. The first kappa shape index (κ1) is 15.2. The lowest BCUT2D eigenvalue weighted by Crippen LogP contribution is -2.14. The fraction of sp³-hybridized carbons (Fsp3) is 0.211. The van der Waals surface area contributed by atoms with Gasteiger partial charge in [0.05, 0.1) is 19.8 Å². The van der Waals surface area contributed by atoms with Gasteiger partial charge in [-0.3, -0.25) is 4.79 Å². The minimum absolute atomic E-state index is 0.0697. The van der Waals surface area contributed by atoms with Crippen LogP contribution >= 0.6 is 0 Å². The molecule has 3 rings (SSSR count). The van der Waals surface area contributed by atoms with Crippen molar-refractivity contribution in [1.29, 1.82) is 0 Å². The van der Waals surface area contributed by atoms with Crippen molar-refractivity contribution in [3.63, 3.8) is 0 Å². The van der Waals surface area contributed by atoms with Gasteiger partial charge >= 0.3 is 0 Å². The summed E-state index contributed by atoms with van der Waals surface area (Å²) in [4.78, 5) is 12.2. The standard InChI is InChI=1S/C19H19NO3/c1-3-13-4-6-15(7-5-13)20-19(21)10-14-12-23-18-9-8-16(22-2)11-17(14)18/h4-9,11-12H,3,10H2,1-2H3,(H,20,21). The van der Waals surface area contributed by atoms with Crippen LogP contribution in [0.1, 0.15) is 18.1 Å². The summed E-state index contributed by atoms with van der Waals surface area (Å²) in [7, 11) is 1.62. The van der Waals surface area contributed by atoms with E-state index in [0.717, 1.165) is 34.4 Å². The Labute approximate surface area is 135 Å². The van der Waals surface area contributed by atoms with Crippen LogP contribution in [0.25, 0.3) is 11.0 Å². The molecular weight excluding hydrogens is 290 g/mol. The number of anilines is 1. The molecule has 0 fully saturated rings. The number of benzene rings is 2. The number of ether oxygens (including phenoxy) is 1. The van der Waals surface area contributed by atoms with Gasteiger partial charge in [-0.05, 0) is 42.3 Å².